The average molecular weight is 394 g/mol. The number of hydrogen-bond acceptors (Lipinski definition) is 7. The number of nitrogens with zero attached hydrogens (tertiary/aromatic N) is 3. The molecular formula is C17H23N5O2S2. The maximum atomic E-state index is 12.6. The topological polar surface area (TPSA) is 101 Å². The van der Waals surface area contributed by atoms with Gasteiger partial charge in [0, 0.05) is 11.5 Å². The van der Waals surface area contributed by atoms with E-state index in [1.54, 1.807) is 0 Å². The highest BCUT2D eigenvalue weighted by Crippen LogP contribution is 2.27. The van der Waals surface area contributed by atoms with Gasteiger partial charge in [0.2, 0.25) is 11.0 Å². The first-order valence-corrected chi connectivity index (χ1v) is 10.6. The predicted molar refractivity (Wildman–Crippen MR) is 104 cm³/mol. The summed E-state index contributed by atoms with van der Waals surface area (Å²) in [6, 6.07) is 0. The maximum absolute atomic E-state index is 12.6. The minimum absolute atomic E-state index is 0.0711. The number of thioether (sulfide) groups is 1. The Hall–Kier alpha value is -1.74. The van der Waals surface area contributed by atoms with Crippen LogP contribution in [0.5, 0.6) is 0 Å². The molecule has 0 radical (unpaired) electrons. The highest BCUT2D eigenvalue weighted by molar-refractivity contribution is 8.00. The van der Waals surface area contributed by atoms with E-state index in [1.165, 1.54) is 23.1 Å². The molecule has 3 rings (SSSR count). The molecule has 1 amide bonds. The van der Waals surface area contributed by atoms with Crippen LogP contribution in [0.1, 0.15) is 62.2 Å². The number of rotatable bonds is 6. The normalized spacial score (nSPS) is 14.9. The van der Waals surface area contributed by atoms with Crippen molar-refractivity contribution in [3.05, 3.63) is 26.6 Å². The van der Waals surface area contributed by atoms with Gasteiger partial charge in [0.1, 0.15) is 5.01 Å². The highest BCUT2D eigenvalue weighted by atomic mass is 32.2. The number of fused-ring (bicyclic) bond motifs is 1. The molecule has 0 aromatic carbocycles. The minimum atomic E-state index is -0.355. The van der Waals surface area contributed by atoms with Crippen molar-refractivity contribution in [1.29, 1.82) is 0 Å². The number of anilines is 1. The number of H-pyrrole nitrogens is 1. The van der Waals surface area contributed by atoms with Crippen molar-refractivity contribution in [1.82, 2.24) is 20.2 Å². The molecule has 0 fully saturated rings. The lowest BCUT2D eigenvalue weighted by Gasteiger charge is -2.16. The van der Waals surface area contributed by atoms with Gasteiger partial charge in [-0.3, -0.25) is 14.9 Å². The molecule has 7 nitrogen and oxygen atoms in total. The largest absolute Gasteiger partial charge is 0.301 e. The van der Waals surface area contributed by atoms with Gasteiger partial charge in [0.05, 0.1) is 10.9 Å². The van der Waals surface area contributed by atoms with Crippen molar-refractivity contribution in [3.8, 4) is 0 Å². The molecule has 0 saturated carbocycles. The molecule has 1 unspecified atom stereocenters. The zero-order valence-corrected chi connectivity index (χ0v) is 16.8. The summed E-state index contributed by atoms with van der Waals surface area (Å²) in [6.45, 7) is 6.01. The van der Waals surface area contributed by atoms with Gasteiger partial charge in [-0.2, -0.15) is 0 Å². The number of aromatic amines is 1. The maximum Gasteiger partial charge on any atom is 0.254 e. The Bertz CT molecular complexity index is 846. The van der Waals surface area contributed by atoms with E-state index < -0.39 is 0 Å². The van der Waals surface area contributed by atoms with Crippen LogP contribution >= 0.6 is 23.1 Å². The van der Waals surface area contributed by atoms with Gasteiger partial charge in [-0.15, -0.1) is 10.2 Å². The van der Waals surface area contributed by atoms with Crippen LogP contribution in [-0.2, 0) is 17.6 Å². The zero-order chi connectivity index (χ0) is 18.7. The third-order valence-electron chi connectivity index (χ3n) is 4.25. The number of carbonyl (C=O) groups excluding carboxylic acids is 1. The van der Waals surface area contributed by atoms with E-state index >= 15 is 0 Å². The van der Waals surface area contributed by atoms with Crippen LogP contribution in [0.3, 0.4) is 0 Å². The third kappa shape index (κ3) is 4.32. The first-order valence-electron chi connectivity index (χ1n) is 8.91. The number of amides is 1. The number of nitrogens with one attached hydrogen (secondary N) is 2. The minimum Gasteiger partial charge on any atom is -0.301 e. The molecule has 1 aliphatic carbocycles. The van der Waals surface area contributed by atoms with Crippen LogP contribution < -0.4 is 10.9 Å². The predicted octanol–water partition coefficient (Wildman–Crippen LogP) is 3.13. The van der Waals surface area contributed by atoms with E-state index in [1.807, 2.05) is 20.8 Å². The van der Waals surface area contributed by atoms with E-state index in [0.717, 1.165) is 41.9 Å². The van der Waals surface area contributed by atoms with Gasteiger partial charge < -0.3 is 4.98 Å². The fraction of sp³-hybridized carbons (Fsp3) is 0.588. The van der Waals surface area contributed by atoms with Gasteiger partial charge in [-0.25, -0.2) is 4.98 Å². The Kier molecular flexibility index (Phi) is 6.08. The molecule has 0 saturated heterocycles. The summed E-state index contributed by atoms with van der Waals surface area (Å²) in [7, 11) is 0. The van der Waals surface area contributed by atoms with E-state index in [-0.39, 0.29) is 22.6 Å². The van der Waals surface area contributed by atoms with Crippen LogP contribution in [0.25, 0.3) is 0 Å². The zero-order valence-electron chi connectivity index (χ0n) is 15.2. The second-order valence-electron chi connectivity index (χ2n) is 6.61. The summed E-state index contributed by atoms with van der Waals surface area (Å²) in [5.74, 6) is 0.128. The molecule has 0 bridgehead atoms. The first kappa shape index (κ1) is 19.0. The summed E-state index contributed by atoms with van der Waals surface area (Å²) in [5.41, 5.74) is 1.61. The van der Waals surface area contributed by atoms with Crippen molar-refractivity contribution in [3.63, 3.8) is 0 Å². The number of aromatic nitrogens is 4. The molecule has 140 valence electrons. The average Bonchev–Trinajstić information content (AvgIpc) is 3.08. The molecule has 2 N–H and O–H groups in total. The fourth-order valence-corrected chi connectivity index (χ4v) is 4.46. The monoisotopic (exact) mass is 393 g/mol. The van der Waals surface area contributed by atoms with Crippen LogP contribution in [0.4, 0.5) is 5.13 Å². The molecule has 2 aromatic rings. The first-order chi connectivity index (χ1) is 12.5. The molecule has 2 heterocycles. The van der Waals surface area contributed by atoms with Gasteiger partial charge in [0.25, 0.3) is 5.56 Å². The molecule has 1 atom stereocenters. The summed E-state index contributed by atoms with van der Waals surface area (Å²) in [4.78, 5) is 32.3. The fourth-order valence-electron chi connectivity index (χ4n) is 2.80. The van der Waals surface area contributed by atoms with Crippen molar-refractivity contribution in [2.75, 3.05) is 5.32 Å². The van der Waals surface area contributed by atoms with Crippen LogP contribution in [0.15, 0.2) is 9.95 Å². The van der Waals surface area contributed by atoms with Crippen LogP contribution in [0.2, 0.25) is 0 Å². The second kappa shape index (κ2) is 8.30. The van der Waals surface area contributed by atoms with E-state index in [2.05, 4.69) is 25.5 Å². The summed E-state index contributed by atoms with van der Waals surface area (Å²) in [6.07, 6.45) is 4.33. The van der Waals surface area contributed by atoms with Crippen molar-refractivity contribution in [2.45, 2.75) is 69.2 Å². The molecule has 0 aliphatic heterocycles. The molecule has 9 heteroatoms. The standard InChI is InChI=1S/C17H23N5O2S2/c1-4-12(14(24)20-17-22-21-15(26-17)9(2)3)25-16-18-11-8-6-5-7-10(11)13(23)19-16/h9,12H,4-8H2,1-3H3,(H,18,19,23)(H,20,22,24). The SMILES string of the molecule is CCC(Sc1nc2c(c(=O)[nH]1)CCCC2)C(=O)Nc1nnc(C(C)C)s1. The number of carbonyl (C=O) groups is 1. The van der Waals surface area contributed by atoms with Crippen LogP contribution in [0, 0.1) is 0 Å². The molecule has 0 spiro atoms. The third-order valence-corrected chi connectivity index (χ3v) is 6.64. The van der Waals surface area contributed by atoms with Crippen molar-refractivity contribution >= 4 is 34.1 Å². The quantitative estimate of drug-likeness (QED) is 0.578. The van der Waals surface area contributed by atoms with E-state index in [4.69, 9.17) is 0 Å². The number of aryl methyl sites for hydroxylation is 1. The Balaban J connectivity index is 1.71. The number of hydrogen-bond donors (Lipinski definition) is 2. The highest BCUT2D eigenvalue weighted by Gasteiger charge is 2.23. The van der Waals surface area contributed by atoms with Gasteiger partial charge >= 0.3 is 0 Å². The smallest absolute Gasteiger partial charge is 0.254 e. The van der Waals surface area contributed by atoms with Crippen molar-refractivity contribution < 1.29 is 4.79 Å². The lowest BCUT2D eigenvalue weighted by atomic mass is 9.97. The second-order valence-corrected chi connectivity index (χ2v) is 8.81. The van der Waals surface area contributed by atoms with Gasteiger partial charge in [0.15, 0.2) is 5.16 Å². The Morgan fingerprint density at radius 3 is 2.77 bits per heavy atom. The van der Waals surface area contributed by atoms with Gasteiger partial charge in [-0.1, -0.05) is 43.9 Å². The van der Waals surface area contributed by atoms with E-state index in [0.29, 0.717) is 16.7 Å². The van der Waals surface area contributed by atoms with E-state index in [9.17, 15) is 9.59 Å². The lowest BCUT2D eigenvalue weighted by molar-refractivity contribution is -0.115. The Morgan fingerprint density at radius 1 is 1.31 bits per heavy atom. The Morgan fingerprint density at radius 2 is 2.08 bits per heavy atom. The summed E-state index contributed by atoms with van der Waals surface area (Å²) >= 11 is 2.68. The van der Waals surface area contributed by atoms with Crippen LogP contribution in [-0.4, -0.2) is 31.3 Å². The molecule has 26 heavy (non-hydrogen) atoms. The molecular weight excluding hydrogens is 370 g/mol. The van der Waals surface area contributed by atoms with Crippen molar-refractivity contribution in [2.24, 2.45) is 0 Å². The Labute approximate surface area is 160 Å². The molecule has 1 aliphatic rings. The lowest BCUT2D eigenvalue weighted by Crippen LogP contribution is -2.26. The molecule has 2 aromatic heterocycles. The van der Waals surface area contributed by atoms with Gasteiger partial charge in [-0.05, 0) is 32.1 Å². The summed E-state index contributed by atoms with van der Waals surface area (Å²) in [5, 5.41) is 12.5. The summed E-state index contributed by atoms with van der Waals surface area (Å²) < 4.78 is 0.